The summed E-state index contributed by atoms with van der Waals surface area (Å²) in [5.41, 5.74) is 0.889. The van der Waals surface area contributed by atoms with E-state index in [0.29, 0.717) is 26.7 Å². The van der Waals surface area contributed by atoms with Crippen molar-refractivity contribution in [2.45, 2.75) is 11.8 Å². The average Bonchev–Trinajstić information content (AvgIpc) is 3.09. The van der Waals surface area contributed by atoms with Gasteiger partial charge >= 0.3 is 0 Å². The Hall–Kier alpha value is -1.60. The first kappa shape index (κ1) is 19.2. The lowest BCUT2D eigenvalue weighted by Gasteiger charge is -2.19. The number of thioether (sulfide) groups is 1. The molecule has 0 aliphatic carbocycles. The molecule has 0 saturated heterocycles. The van der Waals surface area contributed by atoms with E-state index in [0.717, 1.165) is 5.56 Å². The minimum absolute atomic E-state index is 0.109. The molecule has 0 aliphatic rings. The minimum Gasteiger partial charge on any atom is -0.440 e. The fourth-order valence-corrected chi connectivity index (χ4v) is 4.29. The molecule has 1 heterocycles. The molecule has 0 radical (unpaired) electrons. The molecule has 3 aromatic rings. The molecule has 0 bridgehead atoms. The molecule has 1 aromatic heterocycles. The van der Waals surface area contributed by atoms with Crippen molar-refractivity contribution >= 4 is 51.6 Å². The number of ether oxygens (including phenoxy) is 1. The maximum atomic E-state index is 13.0. The van der Waals surface area contributed by atoms with Crippen LogP contribution in [0.1, 0.15) is 10.8 Å². The Bertz CT molecular complexity index is 889. The second kappa shape index (κ2) is 8.86. The number of halogens is 3. The first-order valence-electron chi connectivity index (χ1n) is 7.56. The second-order valence-electron chi connectivity index (χ2n) is 5.34. The number of hydrogen-bond acceptors (Lipinski definition) is 4. The second-order valence-corrected chi connectivity index (χ2v) is 7.99. The van der Waals surface area contributed by atoms with Gasteiger partial charge in [0.2, 0.25) is 4.38 Å². The van der Waals surface area contributed by atoms with Gasteiger partial charge in [0.25, 0.3) is 0 Å². The predicted molar refractivity (Wildman–Crippen MR) is 109 cm³/mol. The number of benzene rings is 2. The zero-order valence-corrected chi connectivity index (χ0v) is 16.5. The van der Waals surface area contributed by atoms with Crippen LogP contribution in [0.3, 0.4) is 0 Å². The molecule has 0 aliphatic heterocycles. The predicted octanol–water partition coefficient (Wildman–Crippen LogP) is 6.17. The molecule has 26 heavy (non-hydrogen) atoms. The molecule has 134 valence electrons. The highest BCUT2D eigenvalue weighted by Gasteiger charge is 2.20. The highest BCUT2D eigenvalue weighted by Crippen LogP contribution is 2.37. The van der Waals surface area contributed by atoms with Crippen molar-refractivity contribution in [3.63, 3.8) is 0 Å². The molecule has 1 atom stereocenters. The molecule has 0 spiro atoms. The normalized spacial score (nSPS) is 12.0. The van der Waals surface area contributed by atoms with E-state index < -0.39 is 0 Å². The van der Waals surface area contributed by atoms with Crippen LogP contribution in [-0.2, 0) is 6.54 Å². The third kappa shape index (κ3) is 5.20. The van der Waals surface area contributed by atoms with Crippen LogP contribution in [0.25, 0.3) is 0 Å². The Morgan fingerprint density at radius 3 is 2.65 bits per heavy atom. The van der Waals surface area contributed by atoms with Gasteiger partial charge in [-0.3, -0.25) is 0 Å². The van der Waals surface area contributed by atoms with Gasteiger partial charge in [0.05, 0.1) is 11.6 Å². The first-order chi connectivity index (χ1) is 12.5. The molecular weight excluding hydrogens is 414 g/mol. The fourth-order valence-electron chi connectivity index (χ4n) is 2.29. The van der Waals surface area contributed by atoms with E-state index in [-0.39, 0.29) is 11.1 Å². The largest absolute Gasteiger partial charge is 0.440 e. The van der Waals surface area contributed by atoms with E-state index in [1.807, 2.05) is 16.8 Å². The quantitative estimate of drug-likeness (QED) is 0.455. The summed E-state index contributed by atoms with van der Waals surface area (Å²) < 4.78 is 20.9. The summed E-state index contributed by atoms with van der Waals surface area (Å²) in [5.74, 6) is 0.148. The van der Waals surface area contributed by atoms with Gasteiger partial charge in [-0.15, -0.1) is 0 Å². The van der Waals surface area contributed by atoms with Gasteiger partial charge in [0.1, 0.15) is 11.6 Å². The molecule has 0 N–H and O–H groups in total. The van der Waals surface area contributed by atoms with E-state index >= 15 is 0 Å². The summed E-state index contributed by atoms with van der Waals surface area (Å²) >= 11 is 19.1. The monoisotopic (exact) mass is 426 g/mol. The highest BCUT2D eigenvalue weighted by atomic mass is 35.5. The number of hydrogen-bond donors (Lipinski definition) is 0. The highest BCUT2D eigenvalue weighted by molar-refractivity contribution is 8.22. The van der Waals surface area contributed by atoms with Crippen molar-refractivity contribution in [2.75, 3.05) is 0 Å². The van der Waals surface area contributed by atoms with Crippen molar-refractivity contribution in [1.29, 1.82) is 0 Å². The van der Waals surface area contributed by atoms with Gasteiger partial charge < -0.3 is 9.30 Å². The minimum atomic E-state index is -0.332. The Kier molecular flexibility index (Phi) is 6.53. The molecule has 8 heteroatoms. The molecule has 1 unspecified atom stereocenters. The number of rotatable bonds is 5. The summed E-state index contributed by atoms with van der Waals surface area (Å²) in [5, 5.41) is 1.01. The molecule has 3 nitrogen and oxygen atoms in total. The van der Waals surface area contributed by atoms with E-state index in [1.54, 1.807) is 24.7 Å². The Morgan fingerprint density at radius 2 is 2.00 bits per heavy atom. The summed E-state index contributed by atoms with van der Waals surface area (Å²) in [6, 6.07) is 11.1. The van der Waals surface area contributed by atoms with Gasteiger partial charge in [-0.2, -0.15) is 0 Å². The number of nitrogens with zero attached hydrogens (tertiary/aromatic N) is 2. The number of imidazole rings is 1. The van der Waals surface area contributed by atoms with Gasteiger partial charge in [0, 0.05) is 29.0 Å². The maximum Gasteiger partial charge on any atom is 0.226 e. The van der Waals surface area contributed by atoms with Crippen molar-refractivity contribution in [3.8, 4) is 5.75 Å². The first-order valence-corrected chi connectivity index (χ1v) is 9.60. The fraction of sp³-hybridized carbons (Fsp3) is 0.111. The zero-order valence-electron chi connectivity index (χ0n) is 13.3. The van der Waals surface area contributed by atoms with Crippen LogP contribution < -0.4 is 4.74 Å². The average molecular weight is 427 g/mol. The smallest absolute Gasteiger partial charge is 0.226 e. The SMILES string of the molecule is Fc1ccc(OC(=S)SC(Cn2ccnc2)c2ccc(Cl)cc2Cl)cc1. The van der Waals surface area contributed by atoms with E-state index in [2.05, 4.69) is 4.98 Å². The van der Waals surface area contributed by atoms with Crippen molar-refractivity contribution in [3.05, 3.63) is 82.6 Å². The topological polar surface area (TPSA) is 27.1 Å². The van der Waals surface area contributed by atoms with E-state index in [9.17, 15) is 4.39 Å². The summed E-state index contributed by atoms with van der Waals surface area (Å²) in [4.78, 5) is 4.06. The molecule has 0 amide bonds. The van der Waals surface area contributed by atoms with Gasteiger partial charge in [0.15, 0.2) is 0 Å². The van der Waals surface area contributed by atoms with E-state index in [4.69, 9.17) is 40.2 Å². The summed E-state index contributed by atoms with van der Waals surface area (Å²) in [7, 11) is 0. The number of thiocarbonyl (C=S) groups is 1. The van der Waals surface area contributed by atoms with Crippen LogP contribution in [0, 0.1) is 5.82 Å². The van der Waals surface area contributed by atoms with Gasteiger partial charge in [-0.25, -0.2) is 9.37 Å². The third-order valence-electron chi connectivity index (χ3n) is 3.50. The van der Waals surface area contributed by atoms with Crippen molar-refractivity contribution in [2.24, 2.45) is 0 Å². The van der Waals surface area contributed by atoms with Crippen LogP contribution in [0.15, 0.2) is 61.2 Å². The summed E-state index contributed by atoms with van der Waals surface area (Å²) in [6.45, 7) is 0.596. The van der Waals surface area contributed by atoms with Crippen LogP contribution in [0.4, 0.5) is 4.39 Å². The van der Waals surface area contributed by atoms with Crippen LogP contribution >= 0.6 is 47.2 Å². The Balaban J connectivity index is 1.78. The van der Waals surface area contributed by atoms with E-state index in [1.165, 1.54) is 36.0 Å². The van der Waals surface area contributed by atoms with Gasteiger partial charge in [-0.05, 0) is 54.2 Å². The van der Waals surface area contributed by atoms with Crippen LogP contribution in [0.2, 0.25) is 10.0 Å². The molecule has 3 rings (SSSR count). The van der Waals surface area contributed by atoms with Crippen LogP contribution in [-0.4, -0.2) is 13.9 Å². The number of aromatic nitrogens is 2. The molecule has 0 fully saturated rings. The lowest BCUT2D eigenvalue weighted by molar-refractivity contribution is 0.570. The third-order valence-corrected chi connectivity index (χ3v) is 5.40. The zero-order chi connectivity index (χ0) is 18.5. The standard InChI is InChI=1S/C18H13Cl2FN2OS2/c19-12-1-6-15(16(20)9-12)17(10-23-8-7-22-11-23)26-18(25)24-14-4-2-13(21)3-5-14/h1-9,11,17H,10H2. The van der Waals surface area contributed by atoms with Crippen molar-refractivity contribution in [1.82, 2.24) is 9.55 Å². The lowest BCUT2D eigenvalue weighted by Crippen LogP contribution is -2.10. The summed E-state index contributed by atoms with van der Waals surface area (Å²) in [6.07, 6.45) is 5.29. The van der Waals surface area contributed by atoms with Crippen LogP contribution in [0.5, 0.6) is 5.75 Å². The molecular formula is C18H13Cl2FN2OS2. The maximum absolute atomic E-state index is 13.0. The molecule has 0 saturated carbocycles. The Labute approximate surface area is 170 Å². The molecule has 2 aromatic carbocycles. The van der Waals surface area contributed by atoms with Gasteiger partial charge in [-0.1, -0.05) is 41.0 Å². The Morgan fingerprint density at radius 1 is 1.23 bits per heavy atom. The van der Waals surface area contributed by atoms with Crippen molar-refractivity contribution < 1.29 is 9.13 Å². The lowest BCUT2D eigenvalue weighted by atomic mass is 10.1.